The second-order valence-electron chi connectivity index (χ2n) is 3.77. The molecule has 0 aliphatic rings. The fourth-order valence-electron chi connectivity index (χ4n) is 1.47. The maximum absolute atomic E-state index is 10.5. The van der Waals surface area contributed by atoms with Crippen molar-refractivity contribution in [1.29, 1.82) is 0 Å². The molecule has 0 saturated heterocycles. The molecule has 1 aromatic rings. The van der Waals surface area contributed by atoms with Gasteiger partial charge in [0.2, 0.25) is 5.91 Å². The second-order valence-corrected chi connectivity index (χ2v) is 3.77. The van der Waals surface area contributed by atoms with Gasteiger partial charge in [-0.25, -0.2) is 0 Å². The van der Waals surface area contributed by atoms with Crippen LogP contribution in [0.15, 0.2) is 42.5 Å². The van der Waals surface area contributed by atoms with Crippen molar-refractivity contribution in [3.05, 3.63) is 48.0 Å². The third kappa shape index (κ3) is 5.01. The van der Waals surface area contributed by atoms with Crippen LogP contribution in [-0.2, 0) is 11.2 Å². The molecule has 0 aromatic heterocycles. The number of carbonyl (C=O) groups excluding carboxylic acids is 1. The summed E-state index contributed by atoms with van der Waals surface area (Å²) in [6, 6.07) is 10.3. The summed E-state index contributed by atoms with van der Waals surface area (Å²) >= 11 is 0. The second kappa shape index (κ2) is 6.02. The molecule has 0 heterocycles. The number of carbonyl (C=O) groups is 1. The Labute approximate surface area is 90.8 Å². The van der Waals surface area contributed by atoms with Crippen molar-refractivity contribution in [3.63, 3.8) is 0 Å². The molecule has 0 radical (unpaired) electrons. The van der Waals surface area contributed by atoms with Gasteiger partial charge in [0.15, 0.2) is 0 Å². The molecule has 0 bridgehead atoms. The average Bonchev–Trinajstić information content (AvgIpc) is 2.18. The topological polar surface area (TPSA) is 43.1 Å². The van der Waals surface area contributed by atoms with E-state index in [1.165, 1.54) is 5.56 Å². The molecule has 1 unspecified atom stereocenters. The Balaban J connectivity index is 2.39. The lowest BCUT2D eigenvalue weighted by molar-refractivity contribution is -0.117. The molecule has 2 heteroatoms. The number of primary amides is 1. The fraction of sp³-hybridized carbons (Fsp3) is 0.308. The van der Waals surface area contributed by atoms with Crippen LogP contribution in [0.5, 0.6) is 0 Å². The van der Waals surface area contributed by atoms with E-state index in [0.717, 1.165) is 6.42 Å². The molecular weight excluding hydrogens is 186 g/mol. The van der Waals surface area contributed by atoms with Crippen molar-refractivity contribution >= 4 is 5.91 Å². The van der Waals surface area contributed by atoms with Crippen LogP contribution in [-0.4, -0.2) is 5.91 Å². The number of amides is 1. The third-order valence-electron chi connectivity index (χ3n) is 2.18. The van der Waals surface area contributed by atoms with Crippen LogP contribution in [0.2, 0.25) is 0 Å². The molecule has 0 spiro atoms. The summed E-state index contributed by atoms with van der Waals surface area (Å²) in [5.41, 5.74) is 6.35. The van der Waals surface area contributed by atoms with E-state index in [2.05, 4.69) is 19.1 Å². The van der Waals surface area contributed by atoms with Crippen LogP contribution < -0.4 is 5.73 Å². The number of rotatable bonds is 5. The summed E-state index contributed by atoms with van der Waals surface area (Å²) in [5, 5.41) is 0. The van der Waals surface area contributed by atoms with Crippen molar-refractivity contribution in [2.45, 2.75) is 19.8 Å². The molecule has 0 aliphatic carbocycles. The number of nitrogens with two attached hydrogens (primary N) is 1. The molecule has 80 valence electrons. The maximum Gasteiger partial charge on any atom is 0.221 e. The Hall–Kier alpha value is -1.57. The van der Waals surface area contributed by atoms with Crippen LogP contribution >= 0.6 is 0 Å². The predicted octanol–water partition coefficient (Wildman–Crippen LogP) is 2.30. The number of hydrogen-bond acceptors (Lipinski definition) is 1. The van der Waals surface area contributed by atoms with Crippen molar-refractivity contribution < 1.29 is 4.79 Å². The van der Waals surface area contributed by atoms with Crippen LogP contribution in [0.4, 0.5) is 0 Å². The molecule has 2 nitrogen and oxygen atoms in total. The lowest BCUT2D eigenvalue weighted by atomic mass is 10.0. The molecule has 1 aromatic carbocycles. The first-order chi connectivity index (χ1) is 7.18. The smallest absolute Gasteiger partial charge is 0.221 e. The number of benzene rings is 1. The molecular formula is C13H17NO. The summed E-state index contributed by atoms with van der Waals surface area (Å²) in [4.78, 5) is 10.5. The zero-order chi connectivity index (χ0) is 11.1. The van der Waals surface area contributed by atoms with E-state index in [1.807, 2.05) is 30.4 Å². The van der Waals surface area contributed by atoms with Gasteiger partial charge in [0.1, 0.15) is 0 Å². The minimum atomic E-state index is -0.279. The quantitative estimate of drug-likeness (QED) is 0.733. The van der Waals surface area contributed by atoms with Gasteiger partial charge in [-0.05, 0) is 17.9 Å². The monoisotopic (exact) mass is 203 g/mol. The van der Waals surface area contributed by atoms with E-state index in [4.69, 9.17) is 5.73 Å². The molecule has 1 rings (SSSR count). The van der Waals surface area contributed by atoms with Gasteiger partial charge in [-0.3, -0.25) is 4.79 Å². The molecule has 0 fully saturated rings. The lowest BCUT2D eigenvalue weighted by Crippen LogP contribution is -2.08. The zero-order valence-electron chi connectivity index (χ0n) is 9.02. The van der Waals surface area contributed by atoms with Crippen LogP contribution in [0, 0.1) is 5.92 Å². The maximum atomic E-state index is 10.5. The highest BCUT2D eigenvalue weighted by Crippen LogP contribution is 2.09. The SMILES string of the molecule is CC(/C=C/CC(N)=O)Cc1ccccc1. The first-order valence-electron chi connectivity index (χ1n) is 5.17. The van der Waals surface area contributed by atoms with Crippen molar-refractivity contribution in [2.75, 3.05) is 0 Å². The van der Waals surface area contributed by atoms with Crippen molar-refractivity contribution in [2.24, 2.45) is 11.7 Å². The van der Waals surface area contributed by atoms with Crippen molar-refractivity contribution in [3.8, 4) is 0 Å². The van der Waals surface area contributed by atoms with Gasteiger partial charge in [-0.1, -0.05) is 49.4 Å². The van der Waals surface area contributed by atoms with E-state index < -0.39 is 0 Å². The number of hydrogen-bond donors (Lipinski definition) is 1. The summed E-state index contributed by atoms with van der Waals surface area (Å²) < 4.78 is 0. The molecule has 1 amide bonds. The lowest BCUT2D eigenvalue weighted by Gasteiger charge is -2.05. The van der Waals surface area contributed by atoms with Gasteiger partial charge >= 0.3 is 0 Å². The molecule has 0 saturated carbocycles. The zero-order valence-corrected chi connectivity index (χ0v) is 9.02. The van der Waals surface area contributed by atoms with Gasteiger partial charge in [0.05, 0.1) is 0 Å². The highest BCUT2D eigenvalue weighted by molar-refractivity contribution is 5.75. The summed E-state index contributed by atoms with van der Waals surface area (Å²) in [6.07, 6.45) is 5.21. The standard InChI is InChI=1S/C13H17NO/c1-11(6-5-9-13(14)15)10-12-7-3-2-4-8-12/h2-8,11H,9-10H2,1H3,(H2,14,15)/b6-5+. The Morgan fingerprint density at radius 3 is 2.67 bits per heavy atom. The summed E-state index contributed by atoms with van der Waals surface area (Å²) in [5.74, 6) is 0.157. The highest BCUT2D eigenvalue weighted by atomic mass is 16.1. The Morgan fingerprint density at radius 2 is 2.07 bits per heavy atom. The van der Waals surface area contributed by atoms with E-state index in [1.54, 1.807) is 0 Å². The van der Waals surface area contributed by atoms with Crippen LogP contribution in [0.3, 0.4) is 0 Å². The largest absolute Gasteiger partial charge is 0.369 e. The molecule has 1 atom stereocenters. The molecule has 2 N–H and O–H groups in total. The third-order valence-corrected chi connectivity index (χ3v) is 2.18. The van der Waals surface area contributed by atoms with Gasteiger partial charge in [-0.15, -0.1) is 0 Å². The highest BCUT2D eigenvalue weighted by Gasteiger charge is 1.98. The van der Waals surface area contributed by atoms with Crippen LogP contribution in [0.1, 0.15) is 18.9 Å². The summed E-state index contributed by atoms with van der Waals surface area (Å²) in [7, 11) is 0. The Kier molecular flexibility index (Phi) is 4.61. The minimum Gasteiger partial charge on any atom is -0.369 e. The summed E-state index contributed by atoms with van der Waals surface area (Å²) in [6.45, 7) is 2.13. The predicted molar refractivity (Wildman–Crippen MR) is 62.3 cm³/mol. The minimum absolute atomic E-state index is 0.279. The molecule has 0 aliphatic heterocycles. The average molecular weight is 203 g/mol. The van der Waals surface area contributed by atoms with Gasteiger partial charge in [-0.2, -0.15) is 0 Å². The van der Waals surface area contributed by atoms with Gasteiger partial charge in [0, 0.05) is 6.42 Å². The van der Waals surface area contributed by atoms with Crippen molar-refractivity contribution in [1.82, 2.24) is 0 Å². The fourth-order valence-corrected chi connectivity index (χ4v) is 1.47. The molecule has 15 heavy (non-hydrogen) atoms. The first kappa shape index (κ1) is 11.5. The van der Waals surface area contributed by atoms with E-state index in [9.17, 15) is 4.79 Å². The van der Waals surface area contributed by atoms with E-state index in [0.29, 0.717) is 12.3 Å². The van der Waals surface area contributed by atoms with Crippen LogP contribution in [0.25, 0.3) is 0 Å². The Bertz CT molecular complexity index is 330. The Morgan fingerprint density at radius 1 is 1.40 bits per heavy atom. The van der Waals surface area contributed by atoms with Gasteiger partial charge < -0.3 is 5.73 Å². The van der Waals surface area contributed by atoms with Gasteiger partial charge in [0.25, 0.3) is 0 Å². The van der Waals surface area contributed by atoms with E-state index in [-0.39, 0.29) is 5.91 Å². The first-order valence-corrected chi connectivity index (χ1v) is 5.17. The van der Waals surface area contributed by atoms with E-state index >= 15 is 0 Å². The number of allylic oxidation sites excluding steroid dienone is 1. The normalized spacial score (nSPS) is 12.9.